The molecule has 5 rings (SSSR count). The van der Waals surface area contributed by atoms with Gasteiger partial charge in [-0.05, 0) is 21.8 Å². The van der Waals surface area contributed by atoms with E-state index >= 15 is 0 Å². The predicted molar refractivity (Wildman–Crippen MR) is 208 cm³/mol. The highest BCUT2D eigenvalue weighted by atomic mass is 28.4. The summed E-state index contributed by atoms with van der Waals surface area (Å²) in [6.45, 7) is 9.98. The number of carbonyl (C=O) groups is 2. The molecule has 1 aliphatic heterocycles. The molecule has 11 nitrogen and oxygen atoms in total. The first-order valence-electron chi connectivity index (χ1n) is 17.9. The molecule has 296 valence electrons. The van der Waals surface area contributed by atoms with Crippen LogP contribution in [0.25, 0.3) is 0 Å². The summed E-state index contributed by atoms with van der Waals surface area (Å²) in [7, 11) is -3.14. The molecule has 56 heavy (non-hydrogen) atoms. The molecule has 0 bridgehead atoms. The number of nitrogens with one attached hydrogen (secondary N) is 1. The van der Waals surface area contributed by atoms with Crippen molar-refractivity contribution in [3.8, 4) is 0 Å². The Hall–Kier alpha value is -5.19. The Morgan fingerprint density at radius 3 is 2.16 bits per heavy atom. The number of rotatable bonds is 16. The molecule has 1 saturated heterocycles. The van der Waals surface area contributed by atoms with E-state index in [1.807, 2.05) is 60.7 Å². The maximum absolute atomic E-state index is 14.8. The van der Waals surface area contributed by atoms with Crippen LogP contribution in [0.5, 0.6) is 0 Å². The lowest BCUT2D eigenvalue weighted by atomic mass is 9.95. The highest BCUT2D eigenvalue weighted by molar-refractivity contribution is 6.99. The quantitative estimate of drug-likeness (QED) is 0.0527. The third-order valence-electron chi connectivity index (χ3n) is 9.46. The summed E-state index contributed by atoms with van der Waals surface area (Å²) in [4.78, 5) is 43.9. The Labute approximate surface area is 324 Å². The van der Waals surface area contributed by atoms with E-state index in [0.29, 0.717) is 0 Å². The SMILES string of the molecule is C=CCOCO[C@H]1C[C@](C(=O)c2ccccc2)(n2cc(CC=CNC(=O)C(F)(F)F)c(N)nc2=O)O[C@@H]1CO[Si](c1ccccc1)(c1ccccc1)C(C)(C)C. The van der Waals surface area contributed by atoms with Crippen LogP contribution in [0.2, 0.25) is 5.04 Å². The molecule has 0 radical (unpaired) electrons. The fourth-order valence-electron chi connectivity index (χ4n) is 6.87. The minimum absolute atomic E-state index is 0.0606. The summed E-state index contributed by atoms with van der Waals surface area (Å²) in [5.41, 5.74) is 3.54. The summed E-state index contributed by atoms with van der Waals surface area (Å²) >= 11 is 0. The fourth-order valence-corrected chi connectivity index (χ4v) is 11.4. The second-order valence-electron chi connectivity index (χ2n) is 14.2. The Morgan fingerprint density at radius 2 is 1.61 bits per heavy atom. The zero-order valence-corrected chi connectivity index (χ0v) is 32.3. The number of nitrogen functional groups attached to an aromatic ring is 1. The lowest BCUT2D eigenvalue weighted by Gasteiger charge is -2.43. The summed E-state index contributed by atoms with van der Waals surface area (Å²) < 4.78 is 65.1. The number of nitrogens with zero attached hydrogens (tertiary/aromatic N) is 2. The standard InChI is InChI=1S/C41H45F3N4O7Si/c1-5-24-52-28-53-33-25-40(35(49)29-16-9-6-10-17-29,48-26-30(36(45)47-38(48)51)18-15-23-46-37(50)41(42,43)44)55-34(33)27-54-56(39(2,3)4,31-19-11-7-12-20-31)32-21-13-8-14-22-32/h5-17,19-23,26,33-34H,1,18,24-25,27-28H2,2-4H3,(H,46,50)(H2,45,47,51)/t33-,34+,40-/m0/s1. The van der Waals surface area contributed by atoms with Gasteiger partial charge in [-0.25, -0.2) is 4.79 Å². The van der Waals surface area contributed by atoms with Crippen molar-refractivity contribution in [3.05, 3.63) is 144 Å². The van der Waals surface area contributed by atoms with Gasteiger partial charge in [0.25, 0.3) is 8.32 Å². The molecule has 0 aliphatic carbocycles. The van der Waals surface area contributed by atoms with Crippen LogP contribution >= 0.6 is 0 Å². The van der Waals surface area contributed by atoms with Crippen LogP contribution in [-0.2, 0) is 35.6 Å². The molecular weight excluding hydrogens is 746 g/mol. The molecule has 0 saturated carbocycles. The van der Waals surface area contributed by atoms with Gasteiger partial charge < -0.3 is 29.7 Å². The molecule has 0 spiro atoms. The first-order valence-corrected chi connectivity index (χ1v) is 19.8. The van der Waals surface area contributed by atoms with Crippen LogP contribution in [0.15, 0.2) is 127 Å². The number of benzene rings is 3. The first kappa shape index (κ1) is 42.0. The van der Waals surface area contributed by atoms with Crippen LogP contribution in [0, 0.1) is 0 Å². The molecule has 1 amide bonds. The van der Waals surface area contributed by atoms with Gasteiger partial charge in [0, 0.05) is 29.9 Å². The topological polar surface area (TPSA) is 144 Å². The minimum Gasteiger partial charge on any atom is -0.405 e. The number of allylic oxidation sites excluding steroid dienone is 1. The van der Waals surface area contributed by atoms with E-state index in [-0.39, 0.29) is 49.8 Å². The van der Waals surface area contributed by atoms with Crippen molar-refractivity contribution in [1.82, 2.24) is 14.9 Å². The molecule has 1 fully saturated rings. The number of hydrogen-bond acceptors (Lipinski definition) is 9. The third-order valence-corrected chi connectivity index (χ3v) is 14.5. The molecule has 3 atom stereocenters. The van der Waals surface area contributed by atoms with E-state index in [0.717, 1.165) is 21.1 Å². The Kier molecular flexibility index (Phi) is 13.3. The Bertz CT molecular complexity index is 2020. The van der Waals surface area contributed by atoms with Crippen LogP contribution in [-0.4, -0.2) is 67.9 Å². The van der Waals surface area contributed by atoms with Crippen LogP contribution in [0.3, 0.4) is 0 Å². The van der Waals surface area contributed by atoms with Gasteiger partial charge in [0.2, 0.25) is 11.5 Å². The average molecular weight is 791 g/mol. The maximum atomic E-state index is 14.8. The van der Waals surface area contributed by atoms with Crippen molar-refractivity contribution >= 4 is 36.2 Å². The molecular formula is C41H45F3N4O7Si. The van der Waals surface area contributed by atoms with Crippen LogP contribution in [0.4, 0.5) is 19.0 Å². The number of anilines is 1. The number of amides is 1. The second-order valence-corrected chi connectivity index (χ2v) is 18.5. The number of alkyl halides is 3. The summed E-state index contributed by atoms with van der Waals surface area (Å²) in [6, 6.07) is 28.2. The molecule has 3 aromatic carbocycles. The fraction of sp³-hybridized carbons (Fsp3) is 0.317. The smallest absolute Gasteiger partial charge is 0.405 e. The summed E-state index contributed by atoms with van der Waals surface area (Å²) in [6.07, 6.45) is -2.38. The van der Waals surface area contributed by atoms with E-state index in [4.69, 9.17) is 24.4 Å². The molecule has 1 aromatic heterocycles. The van der Waals surface area contributed by atoms with Gasteiger partial charge in [-0.2, -0.15) is 18.2 Å². The van der Waals surface area contributed by atoms with Crippen molar-refractivity contribution in [1.29, 1.82) is 0 Å². The third kappa shape index (κ3) is 9.09. The van der Waals surface area contributed by atoms with Crippen LogP contribution < -0.4 is 27.1 Å². The molecule has 0 unspecified atom stereocenters. The van der Waals surface area contributed by atoms with Gasteiger partial charge in [0.15, 0.2) is 0 Å². The van der Waals surface area contributed by atoms with E-state index in [1.54, 1.807) is 41.7 Å². The van der Waals surface area contributed by atoms with Crippen molar-refractivity contribution in [3.63, 3.8) is 0 Å². The number of Topliss-reactive ketones (excluding diaryl/α,β-unsaturated/α-hetero) is 1. The number of hydrogen-bond donors (Lipinski definition) is 2. The molecule has 15 heteroatoms. The zero-order chi connectivity index (χ0) is 40.6. The van der Waals surface area contributed by atoms with E-state index in [9.17, 15) is 27.6 Å². The number of nitrogens with two attached hydrogens (primary N) is 1. The highest BCUT2D eigenvalue weighted by Gasteiger charge is 2.57. The van der Waals surface area contributed by atoms with Crippen molar-refractivity contribution in [2.45, 2.75) is 62.8 Å². The summed E-state index contributed by atoms with van der Waals surface area (Å²) in [5, 5.41) is 3.26. The number of aromatic nitrogens is 2. The normalized spacial score (nSPS) is 18.9. The summed E-state index contributed by atoms with van der Waals surface area (Å²) in [5.74, 6) is -2.97. The van der Waals surface area contributed by atoms with E-state index < -0.39 is 54.8 Å². The number of carbonyl (C=O) groups excluding carboxylic acids is 2. The monoisotopic (exact) mass is 790 g/mol. The van der Waals surface area contributed by atoms with Gasteiger partial charge in [-0.1, -0.05) is 124 Å². The van der Waals surface area contributed by atoms with Crippen molar-refractivity contribution < 1.29 is 41.4 Å². The lowest BCUT2D eigenvalue weighted by molar-refractivity contribution is -0.172. The van der Waals surface area contributed by atoms with Gasteiger partial charge in [-0.15, -0.1) is 6.58 Å². The Balaban J connectivity index is 1.60. The minimum atomic E-state index is -5.09. The van der Waals surface area contributed by atoms with Gasteiger partial charge in [-0.3, -0.25) is 14.2 Å². The average Bonchev–Trinajstić information content (AvgIpc) is 3.54. The number of ether oxygens (including phenoxy) is 3. The Morgan fingerprint density at radius 1 is 1.02 bits per heavy atom. The van der Waals surface area contributed by atoms with Crippen LogP contribution in [0.1, 0.15) is 43.1 Å². The van der Waals surface area contributed by atoms with Crippen molar-refractivity contribution in [2.75, 3.05) is 25.7 Å². The molecule has 3 N–H and O–H groups in total. The molecule has 2 heterocycles. The van der Waals surface area contributed by atoms with E-state index in [1.165, 1.54) is 12.3 Å². The molecule has 1 aliphatic rings. The van der Waals surface area contributed by atoms with E-state index in [2.05, 4.69) is 32.3 Å². The zero-order valence-electron chi connectivity index (χ0n) is 31.3. The first-order chi connectivity index (χ1) is 26.6. The molecule has 4 aromatic rings. The largest absolute Gasteiger partial charge is 0.471 e. The lowest BCUT2D eigenvalue weighted by Crippen LogP contribution is -2.67. The number of ketones is 1. The second kappa shape index (κ2) is 17.7. The predicted octanol–water partition coefficient (Wildman–Crippen LogP) is 5.01. The van der Waals surface area contributed by atoms with Gasteiger partial charge in [0.1, 0.15) is 18.7 Å². The highest BCUT2D eigenvalue weighted by Crippen LogP contribution is 2.42. The number of halogens is 3. The van der Waals surface area contributed by atoms with Gasteiger partial charge >= 0.3 is 17.8 Å². The van der Waals surface area contributed by atoms with Crippen molar-refractivity contribution in [2.24, 2.45) is 0 Å². The maximum Gasteiger partial charge on any atom is 0.471 e. The van der Waals surface area contributed by atoms with Gasteiger partial charge in [0.05, 0.1) is 19.3 Å².